The van der Waals surface area contributed by atoms with Gasteiger partial charge in [0.15, 0.2) is 0 Å². The molecule has 1 aromatic rings. The highest BCUT2D eigenvalue weighted by Gasteiger charge is 2.35. The van der Waals surface area contributed by atoms with Crippen molar-refractivity contribution in [1.29, 1.82) is 0 Å². The van der Waals surface area contributed by atoms with E-state index < -0.39 is 11.4 Å². The molecule has 2 nitrogen and oxygen atoms in total. The molecule has 0 aromatic heterocycles. The number of hydrogen-bond acceptors (Lipinski definition) is 1. The van der Waals surface area contributed by atoms with Crippen molar-refractivity contribution in [3.63, 3.8) is 0 Å². The molecule has 0 amide bonds. The first-order valence-electron chi connectivity index (χ1n) is 5.52. The summed E-state index contributed by atoms with van der Waals surface area (Å²) in [5.74, 6) is -0.701. The first-order chi connectivity index (χ1) is 7.55. The summed E-state index contributed by atoms with van der Waals surface area (Å²) in [6.07, 6.45) is 1.89. The Morgan fingerprint density at radius 2 is 1.88 bits per heavy atom. The van der Waals surface area contributed by atoms with Gasteiger partial charge in [0.1, 0.15) is 0 Å². The van der Waals surface area contributed by atoms with Crippen molar-refractivity contribution in [1.82, 2.24) is 0 Å². The number of carboxylic acid groups (broad SMARTS) is 1. The summed E-state index contributed by atoms with van der Waals surface area (Å²) in [6.45, 7) is 3.88. The molecular formula is C13H17BrO2. The fourth-order valence-electron chi connectivity index (χ4n) is 1.88. The SMILES string of the molecule is CCC(CC)(Cc1ccccc1Br)C(=O)O. The molecule has 0 aliphatic rings. The molecule has 1 rings (SSSR count). The van der Waals surface area contributed by atoms with Gasteiger partial charge < -0.3 is 5.11 Å². The van der Waals surface area contributed by atoms with E-state index >= 15 is 0 Å². The fourth-order valence-corrected chi connectivity index (χ4v) is 2.31. The molecular weight excluding hydrogens is 268 g/mol. The van der Waals surface area contributed by atoms with Gasteiger partial charge in [-0.2, -0.15) is 0 Å². The highest BCUT2D eigenvalue weighted by Crippen LogP contribution is 2.33. The minimum Gasteiger partial charge on any atom is -0.481 e. The lowest BCUT2D eigenvalue weighted by Gasteiger charge is -2.27. The predicted molar refractivity (Wildman–Crippen MR) is 68.5 cm³/mol. The van der Waals surface area contributed by atoms with Crippen LogP contribution in [0, 0.1) is 5.41 Å². The van der Waals surface area contributed by atoms with Crippen LogP contribution in [0.1, 0.15) is 32.3 Å². The number of carbonyl (C=O) groups is 1. The number of benzene rings is 1. The summed E-state index contributed by atoms with van der Waals surface area (Å²) >= 11 is 3.46. The van der Waals surface area contributed by atoms with Crippen molar-refractivity contribution in [3.05, 3.63) is 34.3 Å². The molecule has 88 valence electrons. The molecule has 0 spiro atoms. The van der Waals surface area contributed by atoms with E-state index in [9.17, 15) is 9.90 Å². The zero-order chi connectivity index (χ0) is 12.2. The van der Waals surface area contributed by atoms with Crippen LogP contribution in [0.5, 0.6) is 0 Å². The second-order valence-electron chi connectivity index (χ2n) is 4.06. The Labute approximate surface area is 105 Å². The Hall–Kier alpha value is -0.830. The third-order valence-electron chi connectivity index (χ3n) is 3.29. The van der Waals surface area contributed by atoms with Crippen molar-refractivity contribution in [2.24, 2.45) is 5.41 Å². The van der Waals surface area contributed by atoms with Gasteiger partial charge in [-0.15, -0.1) is 0 Å². The molecule has 0 fully saturated rings. The molecule has 0 atom stereocenters. The average Bonchev–Trinajstić information content (AvgIpc) is 2.28. The summed E-state index contributed by atoms with van der Waals surface area (Å²) in [5.41, 5.74) is 0.428. The lowest BCUT2D eigenvalue weighted by atomic mass is 9.77. The van der Waals surface area contributed by atoms with Gasteiger partial charge in [-0.25, -0.2) is 0 Å². The van der Waals surface area contributed by atoms with E-state index in [-0.39, 0.29) is 0 Å². The van der Waals surface area contributed by atoms with Crippen LogP contribution < -0.4 is 0 Å². The number of carboxylic acids is 1. The van der Waals surface area contributed by atoms with Gasteiger partial charge in [0, 0.05) is 4.47 Å². The molecule has 0 aliphatic carbocycles. The monoisotopic (exact) mass is 284 g/mol. The molecule has 0 radical (unpaired) electrons. The van der Waals surface area contributed by atoms with Crippen LogP contribution >= 0.6 is 15.9 Å². The quantitative estimate of drug-likeness (QED) is 0.891. The van der Waals surface area contributed by atoms with Gasteiger partial charge in [0.2, 0.25) is 0 Å². The van der Waals surface area contributed by atoms with Crippen LogP contribution in [-0.2, 0) is 11.2 Å². The van der Waals surface area contributed by atoms with Gasteiger partial charge >= 0.3 is 5.97 Å². The second-order valence-corrected chi connectivity index (χ2v) is 4.92. The minimum atomic E-state index is -0.701. The highest BCUT2D eigenvalue weighted by atomic mass is 79.9. The number of aliphatic carboxylic acids is 1. The summed E-state index contributed by atoms with van der Waals surface area (Å²) < 4.78 is 0.988. The minimum absolute atomic E-state index is 0.580. The van der Waals surface area contributed by atoms with Gasteiger partial charge in [-0.3, -0.25) is 4.79 Å². The Kier molecular flexibility index (Phi) is 4.54. The van der Waals surface area contributed by atoms with Crippen LogP contribution in [0.25, 0.3) is 0 Å². The number of hydrogen-bond donors (Lipinski definition) is 1. The van der Waals surface area contributed by atoms with E-state index in [4.69, 9.17) is 0 Å². The second kappa shape index (κ2) is 5.48. The maximum atomic E-state index is 11.4. The predicted octanol–water partition coefficient (Wildman–Crippen LogP) is 3.88. The van der Waals surface area contributed by atoms with E-state index in [1.54, 1.807) is 0 Å². The average molecular weight is 285 g/mol. The maximum absolute atomic E-state index is 11.4. The van der Waals surface area contributed by atoms with Crippen molar-refractivity contribution in [3.8, 4) is 0 Å². The Bertz CT molecular complexity index is 370. The van der Waals surface area contributed by atoms with Crippen molar-refractivity contribution >= 4 is 21.9 Å². The Morgan fingerprint density at radius 1 is 1.31 bits per heavy atom. The summed E-state index contributed by atoms with van der Waals surface area (Å²) in [4.78, 5) is 11.4. The van der Waals surface area contributed by atoms with Gasteiger partial charge in [0.25, 0.3) is 0 Å². The van der Waals surface area contributed by atoms with Gasteiger partial charge in [0.05, 0.1) is 5.41 Å². The molecule has 0 saturated carbocycles. The fraction of sp³-hybridized carbons (Fsp3) is 0.462. The zero-order valence-corrected chi connectivity index (χ0v) is 11.3. The van der Waals surface area contributed by atoms with Crippen LogP contribution in [0.2, 0.25) is 0 Å². The number of halogens is 1. The molecule has 0 saturated heterocycles. The first kappa shape index (κ1) is 13.2. The molecule has 1 aromatic carbocycles. The van der Waals surface area contributed by atoms with E-state index in [0.717, 1.165) is 10.0 Å². The van der Waals surface area contributed by atoms with Gasteiger partial charge in [-0.1, -0.05) is 48.0 Å². The summed E-state index contributed by atoms with van der Waals surface area (Å²) in [6, 6.07) is 7.81. The highest BCUT2D eigenvalue weighted by molar-refractivity contribution is 9.10. The number of rotatable bonds is 5. The van der Waals surface area contributed by atoms with E-state index in [1.807, 2.05) is 38.1 Å². The standard InChI is InChI=1S/C13H17BrO2/c1-3-13(4-2,12(15)16)9-10-7-5-6-8-11(10)14/h5-8H,3-4,9H2,1-2H3,(H,15,16). The molecule has 1 N–H and O–H groups in total. The van der Waals surface area contributed by atoms with E-state index in [2.05, 4.69) is 15.9 Å². The Balaban J connectivity index is 3.01. The smallest absolute Gasteiger partial charge is 0.309 e. The van der Waals surface area contributed by atoms with Crippen molar-refractivity contribution < 1.29 is 9.90 Å². The Morgan fingerprint density at radius 3 is 2.31 bits per heavy atom. The third-order valence-corrected chi connectivity index (χ3v) is 4.07. The van der Waals surface area contributed by atoms with Crippen LogP contribution in [0.15, 0.2) is 28.7 Å². The van der Waals surface area contributed by atoms with Crippen LogP contribution in [-0.4, -0.2) is 11.1 Å². The molecule has 16 heavy (non-hydrogen) atoms. The van der Waals surface area contributed by atoms with Crippen molar-refractivity contribution in [2.75, 3.05) is 0 Å². The van der Waals surface area contributed by atoms with Gasteiger partial charge in [-0.05, 0) is 30.9 Å². The van der Waals surface area contributed by atoms with Crippen LogP contribution in [0.4, 0.5) is 0 Å². The first-order valence-corrected chi connectivity index (χ1v) is 6.32. The molecule has 0 unspecified atom stereocenters. The summed E-state index contributed by atoms with van der Waals surface area (Å²) in [7, 11) is 0. The van der Waals surface area contributed by atoms with E-state index in [1.165, 1.54) is 0 Å². The third kappa shape index (κ3) is 2.64. The molecule has 0 bridgehead atoms. The molecule has 0 aliphatic heterocycles. The molecule has 0 heterocycles. The topological polar surface area (TPSA) is 37.3 Å². The maximum Gasteiger partial charge on any atom is 0.309 e. The largest absolute Gasteiger partial charge is 0.481 e. The van der Waals surface area contributed by atoms with Crippen molar-refractivity contribution in [2.45, 2.75) is 33.1 Å². The summed E-state index contributed by atoms with van der Waals surface area (Å²) in [5, 5.41) is 9.36. The molecule has 3 heteroatoms. The normalized spacial score (nSPS) is 11.4. The lowest BCUT2D eigenvalue weighted by Crippen LogP contribution is -2.32. The van der Waals surface area contributed by atoms with Crippen LogP contribution in [0.3, 0.4) is 0 Å². The lowest BCUT2D eigenvalue weighted by molar-refractivity contribution is -0.149. The van der Waals surface area contributed by atoms with E-state index in [0.29, 0.717) is 19.3 Å². The zero-order valence-electron chi connectivity index (χ0n) is 9.66.